The third-order valence-corrected chi connectivity index (χ3v) is 4.92. The van der Waals surface area contributed by atoms with Crippen molar-refractivity contribution in [3.05, 3.63) is 35.4 Å². The molecule has 168 valence electrons. The van der Waals surface area contributed by atoms with E-state index in [-0.39, 0.29) is 38.4 Å². The number of nitrogens with zero attached hydrogens (tertiary/aromatic N) is 2. The van der Waals surface area contributed by atoms with Crippen LogP contribution in [0.3, 0.4) is 0 Å². The Morgan fingerprint density at radius 3 is 2.32 bits per heavy atom. The van der Waals surface area contributed by atoms with Gasteiger partial charge >= 0.3 is 11.9 Å². The van der Waals surface area contributed by atoms with Crippen LogP contribution in [0.2, 0.25) is 0 Å². The second-order valence-electron chi connectivity index (χ2n) is 7.10. The number of nitrogens with one attached hydrogen (secondary N) is 1. The van der Waals surface area contributed by atoms with Crippen LogP contribution >= 0.6 is 0 Å². The van der Waals surface area contributed by atoms with Gasteiger partial charge in [-0.3, -0.25) is 24.0 Å². The second kappa shape index (κ2) is 11.1. The molecule has 5 N–H and O–H groups in total. The van der Waals surface area contributed by atoms with Gasteiger partial charge in [0.1, 0.15) is 12.6 Å². The molecule has 1 aliphatic heterocycles. The fraction of sp³-hybridized carbons (Fsp3) is 0.450. The van der Waals surface area contributed by atoms with Crippen molar-refractivity contribution >= 4 is 29.7 Å². The minimum atomic E-state index is -1.18. The van der Waals surface area contributed by atoms with E-state index in [1.54, 1.807) is 24.3 Å². The van der Waals surface area contributed by atoms with Crippen LogP contribution in [0.4, 0.5) is 0 Å². The van der Waals surface area contributed by atoms with Gasteiger partial charge in [0.05, 0.1) is 6.54 Å². The summed E-state index contributed by atoms with van der Waals surface area (Å²) in [6, 6.07) is 5.63. The lowest BCUT2D eigenvalue weighted by Crippen LogP contribution is -2.59. The van der Waals surface area contributed by atoms with E-state index in [4.69, 9.17) is 15.9 Å². The molecule has 0 spiro atoms. The molecule has 1 atom stereocenters. The molecule has 11 nitrogen and oxygen atoms in total. The van der Waals surface area contributed by atoms with Gasteiger partial charge in [0.25, 0.3) is 5.91 Å². The molecule has 0 unspecified atom stereocenters. The van der Waals surface area contributed by atoms with E-state index in [2.05, 4.69) is 5.32 Å². The zero-order chi connectivity index (χ0) is 23.0. The Morgan fingerprint density at radius 1 is 1.06 bits per heavy atom. The van der Waals surface area contributed by atoms with Crippen molar-refractivity contribution in [1.82, 2.24) is 15.1 Å². The highest BCUT2D eigenvalue weighted by atomic mass is 16.4. The summed E-state index contributed by atoms with van der Waals surface area (Å²) in [4.78, 5) is 61.3. The van der Waals surface area contributed by atoms with Gasteiger partial charge in [0.15, 0.2) is 0 Å². The molecule has 0 aliphatic carbocycles. The number of amides is 3. The fourth-order valence-electron chi connectivity index (χ4n) is 3.34. The van der Waals surface area contributed by atoms with E-state index in [0.717, 1.165) is 10.5 Å². The lowest BCUT2D eigenvalue weighted by atomic mass is 10.0. The molecule has 31 heavy (non-hydrogen) atoms. The predicted octanol–water partition coefficient (Wildman–Crippen LogP) is -1.09. The van der Waals surface area contributed by atoms with Crippen LogP contribution in [0, 0.1) is 0 Å². The molecule has 2 rings (SSSR count). The maximum absolute atomic E-state index is 13.0. The number of carboxylic acids is 2. The van der Waals surface area contributed by atoms with Gasteiger partial charge in [0, 0.05) is 31.6 Å². The predicted molar refractivity (Wildman–Crippen MR) is 108 cm³/mol. The molecule has 0 bridgehead atoms. The average Bonchev–Trinajstić information content (AvgIpc) is 2.73. The summed E-state index contributed by atoms with van der Waals surface area (Å²) in [5.74, 6) is -3.55. The molecule has 11 heteroatoms. The summed E-state index contributed by atoms with van der Waals surface area (Å²) >= 11 is 0. The van der Waals surface area contributed by atoms with Crippen molar-refractivity contribution in [1.29, 1.82) is 0 Å². The molecule has 0 saturated carbocycles. The number of carbonyl (C=O) groups excluding carboxylic acids is 3. The number of aliphatic carboxylic acids is 2. The number of carbonyl (C=O) groups is 5. The van der Waals surface area contributed by atoms with Gasteiger partial charge < -0.3 is 31.1 Å². The van der Waals surface area contributed by atoms with Crippen molar-refractivity contribution in [2.45, 2.75) is 25.3 Å². The van der Waals surface area contributed by atoms with E-state index in [9.17, 15) is 24.0 Å². The Balaban J connectivity index is 2.09. The van der Waals surface area contributed by atoms with E-state index in [1.165, 1.54) is 4.90 Å². The van der Waals surface area contributed by atoms with Crippen molar-refractivity contribution in [3.8, 4) is 0 Å². The number of rotatable bonds is 10. The van der Waals surface area contributed by atoms with Gasteiger partial charge in [-0.15, -0.1) is 0 Å². The monoisotopic (exact) mass is 434 g/mol. The molecular formula is C20H26N4O7. The second-order valence-corrected chi connectivity index (χ2v) is 7.10. The van der Waals surface area contributed by atoms with Crippen LogP contribution < -0.4 is 11.1 Å². The maximum atomic E-state index is 13.0. The van der Waals surface area contributed by atoms with Crippen molar-refractivity contribution in [2.75, 3.05) is 32.7 Å². The molecule has 1 fully saturated rings. The van der Waals surface area contributed by atoms with E-state index < -0.39 is 36.3 Å². The maximum Gasteiger partial charge on any atom is 0.323 e. The molecule has 1 aromatic rings. The third kappa shape index (κ3) is 6.78. The molecule has 1 heterocycles. The normalized spacial score (nSPS) is 16.2. The van der Waals surface area contributed by atoms with Crippen LogP contribution in [0.25, 0.3) is 0 Å². The van der Waals surface area contributed by atoms with Gasteiger partial charge in [-0.05, 0) is 30.5 Å². The van der Waals surface area contributed by atoms with E-state index in [1.807, 2.05) is 0 Å². The Bertz CT molecular complexity index is 840. The first-order valence-electron chi connectivity index (χ1n) is 9.82. The van der Waals surface area contributed by atoms with Gasteiger partial charge in [0.2, 0.25) is 11.8 Å². The van der Waals surface area contributed by atoms with Gasteiger partial charge in [-0.1, -0.05) is 12.1 Å². The zero-order valence-corrected chi connectivity index (χ0v) is 17.0. The SMILES string of the molecule is NCC(=O)NCCc1ccc(C(=O)N2CCN(CC(=O)O)C(=O)[C@@H]2CCC(=O)O)cc1. The number of piperazine rings is 1. The standard InChI is InChI=1S/C20H26N4O7/c21-11-16(25)22-8-7-13-1-3-14(4-2-13)19(30)24-10-9-23(12-18(28)29)20(31)15(24)5-6-17(26)27/h1-4,15H,5-12,21H2,(H,22,25)(H,26,27)(H,28,29)/t15-/m0/s1. The average molecular weight is 434 g/mol. The van der Waals surface area contributed by atoms with Gasteiger partial charge in [-0.25, -0.2) is 0 Å². The first-order valence-corrected chi connectivity index (χ1v) is 9.82. The number of benzene rings is 1. The van der Waals surface area contributed by atoms with Crippen LogP contribution in [0.15, 0.2) is 24.3 Å². The first-order chi connectivity index (χ1) is 14.7. The number of nitrogens with two attached hydrogens (primary N) is 1. The summed E-state index contributed by atoms with van der Waals surface area (Å²) in [7, 11) is 0. The summed E-state index contributed by atoms with van der Waals surface area (Å²) in [6.45, 7) is -0.0240. The smallest absolute Gasteiger partial charge is 0.323 e. The summed E-state index contributed by atoms with van der Waals surface area (Å²) in [5.41, 5.74) is 6.44. The van der Waals surface area contributed by atoms with Crippen molar-refractivity contribution in [3.63, 3.8) is 0 Å². The highest BCUT2D eigenvalue weighted by molar-refractivity contribution is 5.98. The van der Waals surface area contributed by atoms with E-state index in [0.29, 0.717) is 18.5 Å². The first kappa shape index (κ1) is 23.8. The molecule has 0 aromatic heterocycles. The molecule has 0 radical (unpaired) electrons. The van der Waals surface area contributed by atoms with Gasteiger partial charge in [-0.2, -0.15) is 0 Å². The molecule has 1 saturated heterocycles. The highest BCUT2D eigenvalue weighted by Gasteiger charge is 2.38. The Hall–Kier alpha value is -3.47. The Labute approximate surface area is 178 Å². The highest BCUT2D eigenvalue weighted by Crippen LogP contribution is 2.20. The lowest BCUT2D eigenvalue weighted by molar-refractivity contribution is -0.150. The van der Waals surface area contributed by atoms with E-state index >= 15 is 0 Å². The largest absolute Gasteiger partial charge is 0.481 e. The quantitative estimate of drug-likeness (QED) is 0.360. The van der Waals surface area contributed by atoms with Crippen LogP contribution in [0.5, 0.6) is 0 Å². The number of hydrogen-bond donors (Lipinski definition) is 4. The Morgan fingerprint density at radius 2 is 1.74 bits per heavy atom. The fourth-order valence-corrected chi connectivity index (χ4v) is 3.34. The van der Waals surface area contributed by atoms with Crippen LogP contribution in [-0.2, 0) is 25.6 Å². The third-order valence-electron chi connectivity index (χ3n) is 4.92. The number of hydrogen-bond acceptors (Lipinski definition) is 6. The minimum absolute atomic E-state index is 0.0549. The van der Waals surface area contributed by atoms with Crippen LogP contribution in [-0.4, -0.2) is 88.4 Å². The molecule has 1 aromatic carbocycles. The topological polar surface area (TPSA) is 170 Å². The summed E-state index contributed by atoms with van der Waals surface area (Å²) in [5, 5.41) is 20.6. The molecular weight excluding hydrogens is 408 g/mol. The Kier molecular flexibility index (Phi) is 8.50. The summed E-state index contributed by atoms with van der Waals surface area (Å²) < 4.78 is 0. The minimum Gasteiger partial charge on any atom is -0.481 e. The van der Waals surface area contributed by atoms with Crippen molar-refractivity contribution < 1.29 is 34.2 Å². The molecule has 1 aliphatic rings. The number of carboxylic acid groups (broad SMARTS) is 2. The summed E-state index contributed by atoms with van der Waals surface area (Å²) in [6.07, 6.45) is 0.122. The van der Waals surface area contributed by atoms with Crippen molar-refractivity contribution in [2.24, 2.45) is 5.73 Å². The lowest BCUT2D eigenvalue weighted by Gasteiger charge is -2.40. The zero-order valence-electron chi connectivity index (χ0n) is 17.0. The molecule has 3 amide bonds. The van der Waals surface area contributed by atoms with Crippen LogP contribution in [0.1, 0.15) is 28.8 Å².